The predicted octanol–water partition coefficient (Wildman–Crippen LogP) is 0.341. The standard InChI is InChI=1S/2C5H11NO3S.Mn/c2*1-10-3-2-4(6-9)5(7)8;/h2*4,6,9H,2-3H2,1H3,(H,7,8);. The number of nitrogens with one attached hydrogen (secondary N) is 2. The second-order valence-corrected chi connectivity index (χ2v) is 5.57. The summed E-state index contributed by atoms with van der Waals surface area (Å²) in [5.41, 5.74) is 3.45. The Hall–Kier alpha value is -0.000519. The second-order valence-electron chi connectivity index (χ2n) is 3.60. The van der Waals surface area contributed by atoms with Crippen LogP contribution in [0.5, 0.6) is 0 Å². The molecule has 0 aliphatic carbocycles. The van der Waals surface area contributed by atoms with Crippen molar-refractivity contribution in [2.75, 3.05) is 24.0 Å². The van der Waals surface area contributed by atoms with Crippen LogP contribution in [0.2, 0.25) is 0 Å². The molecule has 11 heteroatoms. The van der Waals surface area contributed by atoms with Gasteiger partial charge in [-0.3, -0.25) is 9.59 Å². The number of carboxylic acids is 2. The van der Waals surface area contributed by atoms with E-state index in [0.29, 0.717) is 12.8 Å². The Morgan fingerprint density at radius 2 is 1.19 bits per heavy atom. The van der Waals surface area contributed by atoms with Crippen LogP contribution in [0, 0.1) is 0 Å². The summed E-state index contributed by atoms with van der Waals surface area (Å²) < 4.78 is 0. The van der Waals surface area contributed by atoms with Crippen LogP contribution in [0.25, 0.3) is 0 Å². The fourth-order valence-electron chi connectivity index (χ4n) is 0.958. The van der Waals surface area contributed by atoms with E-state index in [0.717, 1.165) is 11.5 Å². The average molecular weight is 385 g/mol. The molecule has 6 N–H and O–H groups in total. The number of thioether (sulfide) groups is 2. The summed E-state index contributed by atoms with van der Waals surface area (Å²) in [7, 11) is 0. The summed E-state index contributed by atoms with van der Waals surface area (Å²) in [6, 6.07) is -1.65. The van der Waals surface area contributed by atoms with Gasteiger partial charge in [0, 0.05) is 17.1 Å². The maximum Gasteiger partial charge on any atom is 0.323 e. The van der Waals surface area contributed by atoms with E-state index in [9.17, 15) is 9.59 Å². The monoisotopic (exact) mass is 385 g/mol. The van der Waals surface area contributed by atoms with E-state index in [1.807, 2.05) is 12.5 Å². The maximum absolute atomic E-state index is 10.2. The van der Waals surface area contributed by atoms with Gasteiger partial charge in [-0.15, -0.1) is 0 Å². The summed E-state index contributed by atoms with van der Waals surface area (Å²) >= 11 is 3.10. The number of carbonyl (C=O) groups is 2. The van der Waals surface area contributed by atoms with E-state index in [2.05, 4.69) is 0 Å². The Labute approximate surface area is 142 Å². The summed E-state index contributed by atoms with van der Waals surface area (Å²) in [5, 5.41) is 33.3. The fourth-order valence-corrected chi connectivity index (χ4v) is 1.90. The van der Waals surface area contributed by atoms with E-state index in [1.54, 1.807) is 34.5 Å². The maximum atomic E-state index is 10.2. The second kappa shape index (κ2) is 18.0. The van der Waals surface area contributed by atoms with Gasteiger partial charge in [0.25, 0.3) is 0 Å². The molecule has 0 bridgehead atoms. The zero-order valence-corrected chi connectivity index (χ0v) is 14.6. The Kier molecular flexibility index (Phi) is 22.3. The van der Waals surface area contributed by atoms with Gasteiger partial charge < -0.3 is 20.6 Å². The summed E-state index contributed by atoms with van der Waals surface area (Å²) in [5.74, 6) is -0.581. The predicted molar refractivity (Wildman–Crippen MR) is 78.7 cm³/mol. The zero-order chi connectivity index (χ0) is 16.0. The van der Waals surface area contributed by atoms with Crippen LogP contribution in [0.15, 0.2) is 0 Å². The third-order valence-electron chi connectivity index (χ3n) is 2.13. The molecule has 0 saturated carbocycles. The minimum atomic E-state index is -1.02. The van der Waals surface area contributed by atoms with E-state index in [4.69, 9.17) is 20.6 Å². The first-order valence-corrected chi connectivity index (χ1v) is 8.46. The van der Waals surface area contributed by atoms with Gasteiger partial charge in [0.15, 0.2) is 0 Å². The molecule has 0 aromatic rings. The number of hydrogen-bond donors (Lipinski definition) is 6. The molecule has 127 valence electrons. The van der Waals surface area contributed by atoms with Gasteiger partial charge in [-0.25, -0.2) is 0 Å². The molecule has 0 aromatic heterocycles. The largest absolute Gasteiger partial charge is 0.480 e. The Balaban J connectivity index is -0.000000295. The molecule has 0 aliphatic rings. The molecule has 0 aromatic carbocycles. The van der Waals surface area contributed by atoms with E-state index < -0.39 is 24.0 Å². The van der Waals surface area contributed by atoms with E-state index in [-0.39, 0.29) is 17.1 Å². The first-order chi connectivity index (χ1) is 9.44. The molecular formula is C10H22MnN2O6S2. The molecule has 0 spiro atoms. The van der Waals surface area contributed by atoms with E-state index in [1.165, 1.54) is 0 Å². The Morgan fingerprint density at radius 1 is 0.905 bits per heavy atom. The summed E-state index contributed by atoms with van der Waals surface area (Å²) in [4.78, 5) is 20.4. The smallest absolute Gasteiger partial charge is 0.323 e. The van der Waals surface area contributed by atoms with Crippen molar-refractivity contribution >= 4 is 35.5 Å². The minimum absolute atomic E-state index is 0. The van der Waals surface area contributed by atoms with Gasteiger partial charge in [-0.1, -0.05) is 0 Å². The van der Waals surface area contributed by atoms with E-state index >= 15 is 0 Å². The van der Waals surface area contributed by atoms with Crippen LogP contribution >= 0.6 is 23.5 Å². The molecule has 0 fully saturated rings. The number of hydroxylamine groups is 2. The van der Waals surface area contributed by atoms with Crippen LogP contribution in [-0.4, -0.2) is 68.7 Å². The third-order valence-corrected chi connectivity index (χ3v) is 3.42. The first kappa shape index (κ1) is 25.9. The minimum Gasteiger partial charge on any atom is -0.480 e. The average Bonchev–Trinajstić information content (AvgIpc) is 2.40. The molecule has 0 amide bonds. The SMILES string of the molecule is CSCCC(NO)C(=O)O.CSCCC(NO)C(=O)O.[Mn]. The molecule has 0 aliphatic heterocycles. The van der Waals surface area contributed by atoms with Crippen molar-refractivity contribution in [3.63, 3.8) is 0 Å². The van der Waals surface area contributed by atoms with Crippen LogP contribution in [0.4, 0.5) is 0 Å². The van der Waals surface area contributed by atoms with Gasteiger partial charge in [-0.05, 0) is 36.9 Å². The Bertz CT molecular complexity index is 250. The van der Waals surface area contributed by atoms with Gasteiger partial charge in [-0.2, -0.15) is 34.5 Å². The van der Waals surface area contributed by atoms with Gasteiger partial charge >= 0.3 is 11.9 Å². The molecule has 8 nitrogen and oxygen atoms in total. The van der Waals surface area contributed by atoms with Crippen molar-refractivity contribution < 1.29 is 47.3 Å². The number of aliphatic carboxylic acids is 2. The molecular weight excluding hydrogens is 363 g/mol. The molecule has 2 unspecified atom stereocenters. The van der Waals surface area contributed by atoms with Crippen molar-refractivity contribution in [1.29, 1.82) is 0 Å². The summed E-state index contributed by atoms with van der Waals surface area (Å²) in [6.45, 7) is 0. The van der Waals surface area contributed by atoms with Crippen LogP contribution in [0.3, 0.4) is 0 Å². The van der Waals surface area contributed by atoms with Crippen molar-refractivity contribution in [1.82, 2.24) is 11.0 Å². The molecule has 0 rings (SSSR count). The van der Waals surface area contributed by atoms with Crippen LogP contribution < -0.4 is 11.0 Å². The van der Waals surface area contributed by atoms with Gasteiger partial charge in [0.2, 0.25) is 0 Å². The summed E-state index contributed by atoms with van der Waals surface area (Å²) in [6.07, 6.45) is 4.65. The molecule has 0 heterocycles. The normalized spacial score (nSPS) is 12.4. The fraction of sp³-hybridized carbons (Fsp3) is 0.800. The number of rotatable bonds is 10. The molecule has 1 radical (unpaired) electrons. The molecule has 21 heavy (non-hydrogen) atoms. The van der Waals surface area contributed by atoms with Crippen molar-refractivity contribution in [2.45, 2.75) is 24.9 Å². The first-order valence-electron chi connectivity index (χ1n) is 5.67. The quantitative estimate of drug-likeness (QED) is 0.230. The third kappa shape index (κ3) is 16.2. The Morgan fingerprint density at radius 3 is 1.33 bits per heavy atom. The van der Waals surface area contributed by atoms with Crippen LogP contribution in [0.1, 0.15) is 12.8 Å². The zero-order valence-electron chi connectivity index (χ0n) is 11.8. The molecule has 2 atom stereocenters. The van der Waals surface area contributed by atoms with Crippen LogP contribution in [-0.2, 0) is 26.7 Å². The number of carboxylic acid groups (broad SMARTS) is 2. The number of hydrogen-bond acceptors (Lipinski definition) is 8. The van der Waals surface area contributed by atoms with Crippen molar-refractivity contribution in [2.24, 2.45) is 0 Å². The molecule has 0 saturated heterocycles. The van der Waals surface area contributed by atoms with Gasteiger partial charge in [0.1, 0.15) is 12.1 Å². The van der Waals surface area contributed by atoms with Gasteiger partial charge in [0.05, 0.1) is 0 Å². The van der Waals surface area contributed by atoms with Crippen molar-refractivity contribution in [3.05, 3.63) is 0 Å². The topological polar surface area (TPSA) is 139 Å². The van der Waals surface area contributed by atoms with Crippen molar-refractivity contribution in [3.8, 4) is 0 Å².